The zero-order valence-corrected chi connectivity index (χ0v) is 20.5. The maximum Gasteiger partial charge on any atom is 0.278 e. The number of carbonyl (C=O) groups is 1. The highest BCUT2D eigenvalue weighted by Crippen LogP contribution is 2.35. The third-order valence-corrected chi connectivity index (χ3v) is 5.55. The SMILES string of the molecule is COc1cc(OC)c(CCCCCOc2ccc(C(=O)N=C(N)c3ccccc3)cc2)c(OC)c1. The second-order valence-electron chi connectivity index (χ2n) is 7.86. The Labute approximate surface area is 206 Å². The number of ether oxygens (including phenoxy) is 4. The maximum absolute atomic E-state index is 12.4. The lowest BCUT2D eigenvalue weighted by atomic mass is 10.0. The average Bonchev–Trinajstić information content (AvgIpc) is 2.90. The van der Waals surface area contributed by atoms with Gasteiger partial charge in [-0.1, -0.05) is 30.3 Å². The van der Waals surface area contributed by atoms with E-state index in [0.29, 0.717) is 29.2 Å². The van der Waals surface area contributed by atoms with Crippen LogP contribution in [-0.4, -0.2) is 39.7 Å². The molecule has 0 aromatic heterocycles. The van der Waals surface area contributed by atoms with Gasteiger partial charge in [-0.2, -0.15) is 4.99 Å². The highest BCUT2D eigenvalue weighted by Gasteiger charge is 2.13. The van der Waals surface area contributed by atoms with Crippen LogP contribution in [0.25, 0.3) is 0 Å². The molecule has 35 heavy (non-hydrogen) atoms. The molecule has 0 saturated carbocycles. The summed E-state index contributed by atoms with van der Waals surface area (Å²) in [6.07, 6.45) is 3.69. The van der Waals surface area contributed by atoms with Crippen LogP contribution < -0.4 is 24.7 Å². The number of rotatable bonds is 12. The van der Waals surface area contributed by atoms with Crippen LogP contribution >= 0.6 is 0 Å². The number of amidine groups is 1. The fourth-order valence-corrected chi connectivity index (χ4v) is 3.64. The minimum atomic E-state index is -0.387. The molecule has 1 amide bonds. The Morgan fingerprint density at radius 1 is 0.771 bits per heavy atom. The number of amides is 1. The molecule has 0 aliphatic rings. The number of nitrogens with zero attached hydrogens (tertiary/aromatic N) is 1. The Morgan fingerprint density at radius 2 is 1.43 bits per heavy atom. The number of aliphatic imine (C=N–C) groups is 1. The molecule has 0 atom stereocenters. The van der Waals surface area contributed by atoms with Crippen molar-refractivity contribution in [3.63, 3.8) is 0 Å². The molecule has 0 heterocycles. The quantitative estimate of drug-likeness (QED) is 0.223. The number of benzene rings is 3. The second-order valence-corrected chi connectivity index (χ2v) is 7.86. The monoisotopic (exact) mass is 476 g/mol. The normalized spacial score (nSPS) is 11.1. The highest BCUT2D eigenvalue weighted by atomic mass is 16.5. The molecule has 0 aliphatic carbocycles. The summed E-state index contributed by atoms with van der Waals surface area (Å²) in [5.41, 5.74) is 8.14. The van der Waals surface area contributed by atoms with E-state index in [1.165, 1.54) is 0 Å². The van der Waals surface area contributed by atoms with Gasteiger partial charge in [-0.05, 0) is 49.9 Å². The van der Waals surface area contributed by atoms with Crippen molar-refractivity contribution in [2.75, 3.05) is 27.9 Å². The molecular formula is C28H32N2O5. The van der Waals surface area contributed by atoms with Crippen molar-refractivity contribution in [2.24, 2.45) is 10.7 Å². The van der Waals surface area contributed by atoms with E-state index in [9.17, 15) is 4.79 Å². The lowest BCUT2D eigenvalue weighted by Gasteiger charge is -2.15. The molecule has 3 aromatic carbocycles. The number of methoxy groups -OCH3 is 3. The zero-order chi connectivity index (χ0) is 25.0. The van der Waals surface area contributed by atoms with Gasteiger partial charge in [-0.3, -0.25) is 4.79 Å². The lowest BCUT2D eigenvalue weighted by molar-refractivity contribution is 0.100. The molecule has 2 N–H and O–H groups in total. The number of nitrogens with two attached hydrogens (primary N) is 1. The second kappa shape index (κ2) is 13.0. The van der Waals surface area contributed by atoms with Crippen LogP contribution in [-0.2, 0) is 6.42 Å². The van der Waals surface area contributed by atoms with Gasteiger partial charge in [0.2, 0.25) is 0 Å². The van der Waals surface area contributed by atoms with Crippen LogP contribution in [0.1, 0.15) is 40.7 Å². The molecule has 184 valence electrons. The van der Waals surface area contributed by atoms with Gasteiger partial charge in [0.1, 0.15) is 28.8 Å². The zero-order valence-electron chi connectivity index (χ0n) is 20.5. The maximum atomic E-state index is 12.4. The molecular weight excluding hydrogens is 444 g/mol. The molecule has 0 spiro atoms. The Hall–Kier alpha value is -4.00. The van der Waals surface area contributed by atoms with Gasteiger partial charge in [-0.15, -0.1) is 0 Å². The van der Waals surface area contributed by atoms with Crippen molar-refractivity contribution in [3.8, 4) is 23.0 Å². The molecule has 0 radical (unpaired) electrons. The molecule has 7 nitrogen and oxygen atoms in total. The van der Waals surface area contributed by atoms with E-state index in [-0.39, 0.29) is 11.7 Å². The van der Waals surface area contributed by atoms with E-state index in [0.717, 1.165) is 42.7 Å². The summed E-state index contributed by atoms with van der Waals surface area (Å²) in [5.74, 6) is 2.75. The number of carbonyl (C=O) groups excluding carboxylic acids is 1. The summed E-state index contributed by atoms with van der Waals surface area (Å²) in [5, 5.41) is 0. The van der Waals surface area contributed by atoms with Crippen LogP contribution in [0.4, 0.5) is 0 Å². The van der Waals surface area contributed by atoms with Gasteiger partial charge in [0.05, 0.1) is 27.9 Å². The predicted molar refractivity (Wildman–Crippen MR) is 137 cm³/mol. The first-order chi connectivity index (χ1) is 17.0. The van der Waals surface area contributed by atoms with Crippen molar-refractivity contribution in [1.82, 2.24) is 0 Å². The summed E-state index contributed by atoms with van der Waals surface area (Å²) in [6, 6.07) is 19.9. The molecule has 0 aliphatic heterocycles. The van der Waals surface area contributed by atoms with E-state index in [1.54, 1.807) is 45.6 Å². The van der Waals surface area contributed by atoms with Crippen molar-refractivity contribution in [1.29, 1.82) is 0 Å². The number of hydrogen-bond donors (Lipinski definition) is 1. The molecule has 0 bridgehead atoms. The molecule has 7 heteroatoms. The standard InChI is InChI=1S/C28H32N2O5/c1-32-23-18-25(33-2)24(26(19-23)34-3)12-8-5-9-17-35-22-15-13-21(14-16-22)28(31)30-27(29)20-10-6-4-7-11-20/h4,6-7,10-11,13-16,18-19H,5,8-9,12,17H2,1-3H3,(H2,29,30,31). The summed E-state index contributed by atoms with van der Waals surface area (Å²) in [7, 11) is 4.92. The Morgan fingerprint density at radius 3 is 2.03 bits per heavy atom. The minimum Gasteiger partial charge on any atom is -0.496 e. The third-order valence-electron chi connectivity index (χ3n) is 5.55. The van der Waals surface area contributed by atoms with E-state index < -0.39 is 0 Å². The van der Waals surface area contributed by atoms with Crippen molar-refractivity contribution in [3.05, 3.63) is 83.4 Å². The Balaban J connectivity index is 1.44. The van der Waals surface area contributed by atoms with Gasteiger partial charge >= 0.3 is 0 Å². The van der Waals surface area contributed by atoms with E-state index in [4.69, 9.17) is 24.7 Å². The first-order valence-electron chi connectivity index (χ1n) is 11.5. The fourth-order valence-electron chi connectivity index (χ4n) is 3.64. The number of unbranched alkanes of at least 4 members (excludes halogenated alkanes) is 2. The van der Waals surface area contributed by atoms with E-state index in [1.807, 2.05) is 42.5 Å². The summed E-state index contributed by atoms with van der Waals surface area (Å²) >= 11 is 0. The van der Waals surface area contributed by atoms with Crippen molar-refractivity contribution >= 4 is 11.7 Å². The van der Waals surface area contributed by atoms with Gasteiger partial charge in [-0.25, -0.2) is 0 Å². The minimum absolute atomic E-state index is 0.195. The van der Waals surface area contributed by atoms with E-state index >= 15 is 0 Å². The molecule has 0 unspecified atom stereocenters. The van der Waals surface area contributed by atoms with Crippen molar-refractivity contribution < 1.29 is 23.7 Å². The van der Waals surface area contributed by atoms with Gasteiger partial charge in [0, 0.05) is 28.8 Å². The van der Waals surface area contributed by atoms with Gasteiger partial charge in [0.15, 0.2) is 0 Å². The van der Waals surface area contributed by atoms with E-state index in [2.05, 4.69) is 4.99 Å². The Bertz CT molecular complexity index is 1100. The van der Waals surface area contributed by atoms with Crippen LogP contribution in [0.15, 0.2) is 71.7 Å². The van der Waals surface area contributed by atoms with Crippen molar-refractivity contribution in [2.45, 2.75) is 25.7 Å². The van der Waals surface area contributed by atoms with Gasteiger partial charge in [0.25, 0.3) is 5.91 Å². The predicted octanol–water partition coefficient (Wildman–Crippen LogP) is 5.05. The first-order valence-corrected chi connectivity index (χ1v) is 11.5. The molecule has 3 rings (SSSR count). The summed E-state index contributed by atoms with van der Waals surface area (Å²) in [4.78, 5) is 16.4. The summed E-state index contributed by atoms with van der Waals surface area (Å²) in [6.45, 7) is 0.587. The third kappa shape index (κ3) is 7.24. The lowest BCUT2D eigenvalue weighted by Crippen LogP contribution is -2.15. The topological polar surface area (TPSA) is 92.4 Å². The molecule has 0 fully saturated rings. The summed E-state index contributed by atoms with van der Waals surface area (Å²) < 4.78 is 22.2. The highest BCUT2D eigenvalue weighted by molar-refractivity contribution is 6.08. The van der Waals surface area contributed by atoms with Crippen LogP contribution in [0.3, 0.4) is 0 Å². The number of hydrogen-bond acceptors (Lipinski definition) is 5. The molecule has 0 saturated heterocycles. The molecule has 3 aromatic rings. The van der Waals surface area contributed by atoms with Gasteiger partial charge < -0.3 is 24.7 Å². The Kier molecular flexibility index (Phi) is 9.54. The van der Waals surface area contributed by atoms with Crippen LogP contribution in [0, 0.1) is 0 Å². The largest absolute Gasteiger partial charge is 0.496 e. The van der Waals surface area contributed by atoms with Crippen LogP contribution in [0.2, 0.25) is 0 Å². The fraction of sp³-hybridized carbons (Fsp3) is 0.286. The first kappa shape index (κ1) is 25.6. The average molecular weight is 477 g/mol. The smallest absolute Gasteiger partial charge is 0.278 e. The van der Waals surface area contributed by atoms with Crippen LogP contribution in [0.5, 0.6) is 23.0 Å².